The zero-order valence-electron chi connectivity index (χ0n) is 10.4. The monoisotopic (exact) mass is 224 g/mol. The summed E-state index contributed by atoms with van der Waals surface area (Å²) in [5.41, 5.74) is 7.75. The smallest absolute Gasteiger partial charge is 0.188 e. The molecule has 0 unspecified atom stereocenters. The summed E-state index contributed by atoms with van der Waals surface area (Å²) in [5, 5.41) is 6.93. The van der Waals surface area contributed by atoms with E-state index in [0.717, 1.165) is 23.4 Å². The minimum absolute atomic E-state index is 0.308. The van der Waals surface area contributed by atoms with E-state index in [1.165, 1.54) is 0 Å². The zero-order chi connectivity index (χ0) is 12.1. The Morgan fingerprint density at radius 2 is 2.19 bits per heavy atom. The lowest BCUT2D eigenvalue weighted by molar-refractivity contribution is 0.392. The number of hydrogen-bond acceptors (Lipinski definition) is 3. The van der Waals surface area contributed by atoms with Crippen LogP contribution in [-0.4, -0.2) is 23.7 Å². The quantitative estimate of drug-likeness (QED) is 0.594. The number of aliphatic imine (C=N–C) groups is 1. The van der Waals surface area contributed by atoms with Gasteiger partial charge in [0.2, 0.25) is 0 Å². The number of aryl methyl sites for hydroxylation is 2. The zero-order valence-corrected chi connectivity index (χ0v) is 10.4. The summed E-state index contributed by atoms with van der Waals surface area (Å²) >= 11 is 0. The van der Waals surface area contributed by atoms with E-state index in [0.29, 0.717) is 18.5 Å². The second kappa shape index (κ2) is 5.53. The Labute approximate surface area is 96.1 Å². The fourth-order valence-electron chi connectivity index (χ4n) is 1.49. The summed E-state index contributed by atoms with van der Waals surface area (Å²) in [4.78, 5) is 4.24. The molecule has 5 nitrogen and oxygen atoms in total. The summed E-state index contributed by atoms with van der Waals surface area (Å²) in [6, 6.07) is 0.308. The van der Waals surface area contributed by atoms with Gasteiger partial charge in [-0.3, -0.25) is 4.99 Å². The summed E-state index contributed by atoms with van der Waals surface area (Å²) in [5.74, 6) is 1.35. The Kier molecular flexibility index (Phi) is 4.34. The standard InChI is InChI=1S/C11H20N4O/c1-7(2)14-11(12)13-6-5-10-8(3)15-16-9(10)4/h7H,5-6H2,1-4H3,(H3,12,13,14). The number of nitrogens with one attached hydrogen (secondary N) is 1. The van der Waals surface area contributed by atoms with Gasteiger partial charge in [0.15, 0.2) is 5.96 Å². The van der Waals surface area contributed by atoms with Crippen molar-refractivity contribution >= 4 is 5.96 Å². The van der Waals surface area contributed by atoms with Crippen LogP contribution in [0.5, 0.6) is 0 Å². The van der Waals surface area contributed by atoms with Crippen LogP contribution in [0.3, 0.4) is 0 Å². The van der Waals surface area contributed by atoms with Gasteiger partial charge in [-0.15, -0.1) is 0 Å². The molecule has 0 aliphatic rings. The number of aromatic nitrogens is 1. The molecule has 0 aromatic carbocycles. The highest BCUT2D eigenvalue weighted by molar-refractivity contribution is 5.78. The van der Waals surface area contributed by atoms with Crippen molar-refractivity contribution in [3.63, 3.8) is 0 Å². The lowest BCUT2D eigenvalue weighted by Gasteiger charge is -2.08. The van der Waals surface area contributed by atoms with Crippen molar-refractivity contribution in [3.8, 4) is 0 Å². The molecule has 90 valence electrons. The van der Waals surface area contributed by atoms with Gasteiger partial charge in [-0.05, 0) is 34.1 Å². The summed E-state index contributed by atoms with van der Waals surface area (Å²) < 4.78 is 5.07. The van der Waals surface area contributed by atoms with Crippen molar-refractivity contribution in [3.05, 3.63) is 17.0 Å². The van der Waals surface area contributed by atoms with Crippen molar-refractivity contribution in [2.45, 2.75) is 40.2 Å². The van der Waals surface area contributed by atoms with E-state index in [1.54, 1.807) is 0 Å². The molecule has 0 amide bonds. The molecule has 0 radical (unpaired) electrons. The molecule has 0 aliphatic heterocycles. The van der Waals surface area contributed by atoms with Crippen molar-refractivity contribution in [2.75, 3.05) is 6.54 Å². The van der Waals surface area contributed by atoms with E-state index in [-0.39, 0.29) is 0 Å². The highest BCUT2D eigenvalue weighted by Crippen LogP contribution is 2.12. The van der Waals surface area contributed by atoms with Crippen molar-refractivity contribution in [1.82, 2.24) is 10.5 Å². The Morgan fingerprint density at radius 3 is 2.69 bits per heavy atom. The van der Waals surface area contributed by atoms with Crippen LogP contribution in [0.25, 0.3) is 0 Å². The van der Waals surface area contributed by atoms with Gasteiger partial charge in [0.25, 0.3) is 0 Å². The van der Waals surface area contributed by atoms with E-state index in [9.17, 15) is 0 Å². The lowest BCUT2D eigenvalue weighted by Crippen LogP contribution is -2.36. The molecule has 0 saturated heterocycles. The minimum Gasteiger partial charge on any atom is -0.370 e. The SMILES string of the molecule is Cc1noc(C)c1CCN=C(N)NC(C)C. The fraction of sp³-hybridized carbons (Fsp3) is 0.636. The Hall–Kier alpha value is -1.52. The number of nitrogens with two attached hydrogens (primary N) is 1. The van der Waals surface area contributed by atoms with E-state index in [2.05, 4.69) is 15.5 Å². The molecule has 1 aromatic rings. The first-order valence-electron chi connectivity index (χ1n) is 5.49. The maximum atomic E-state index is 5.69. The lowest BCUT2D eigenvalue weighted by atomic mass is 10.1. The molecule has 0 aliphatic carbocycles. The van der Waals surface area contributed by atoms with Crippen LogP contribution >= 0.6 is 0 Å². The van der Waals surface area contributed by atoms with Gasteiger partial charge in [-0.2, -0.15) is 0 Å². The van der Waals surface area contributed by atoms with E-state index >= 15 is 0 Å². The van der Waals surface area contributed by atoms with Gasteiger partial charge in [0.1, 0.15) is 5.76 Å². The number of nitrogens with zero attached hydrogens (tertiary/aromatic N) is 2. The molecule has 1 rings (SSSR count). The summed E-state index contributed by atoms with van der Waals surface area (Å²) in [6.45, 7) is 8.54. The molecule has 0 fully saturated rings. The van der Waals surface area contributed by atoms with Gasteiger partial charge in [-0.25, -0.2) is 0 Å². The Morgan fingerprint density at radius 1 is 1.50 bits per heavy atom. The largest absolute Gasteiger partial charge is 0.370 e. The minimum atomic E-state index is 0.308. The molecule has 0 saturated carbocycles. The van der Waals surface area contributed by atoms with Crippen LogP contribution in [-0.2, 0) is 6.42 Å². The van der Waals surface area contributed by atoms with Gasteiger partial charge >= 0.3 is 0 Å². The van der Waals surface area contributed by atoms with Crippen LogP contribution in [0, 0.1) is 13.8 Å². The highest BCUT2D eigenvalue weighted by atomic mass is 16.5. The van der Waals surface area contributed by atoms with Crippen molar-refractivity contribution in [2.24, 2.45) is 10.7 Å². The normalized spacial score (nSPS) is 12.2. The third-order valence-electron chi connectivity index (χ3n) is 2.26. The fourth-order valence-corrected chi connectivity index (χ4v) is 1.49. The molecule has 5 heteroatoms. The molecular weight excluding hydrogens is 204 g/mol. The molecule has 0 bridgehead atoms. The molecule has 3 N–H and O–H groups in total. The Bertz CT molecular complexity index is 349. The van der Waals surface area contributed by atoms with Crippen LogP contribution in [0.1, 0.15) is 30.9 Å². The van der Waals surface area contributed by atoms with Crippen LogP contribution in [0.15, 0.2) is 9.52 Å². The van der Waals surface area contributed by atoms with Gasteiger partial charge < -0.3 is 15.6 Å². The second-order valence-electron chi connectivity index (χ2n) is 4.12. The maximum Gasteiger partial charge on any atom is 0.188 e. The summed E-state index contributed by atoms with van der Waals surface area (Å²) in [6.07, 6.45) is 0.807. The number of hydrogen-bond donors (Lipinski definition) is 2. The topological polar surface area (TPSA) is 76.4 Å². The highest BCUT2D eigenvalue weighted by Gasteiger charge is 2.07. The predicted molar refractivity (Wildman–Crippen MR) is 64.4 cm³/mol. The predicted octanol–water partition coefficient (Wildman–Crippen LogP) is 1.15. The van der Waals surface area contributed by atoms with Crippen LogP contribution in [0.2, 0.25) is 0 Å². The Balaban J connectivity index is 2.47. The van der Waals surface area contributed by atoms with E-state index < -0.39 is 0 Å². The van der Waals surface area contributed by atoms with E-state index in [1.807, 2.05) is 27.7 Å². The maximum absolute atomic E-state index is 5.69. The summed E-state index contributed by atoms with van der Waals surface area (Å²) in [7, 11) is 0. The van der Waals surface area contributed by atoms with E-state index in [4.69, 9.17) is 10.3 Å². The first kappa shape index (κ1) is 12.5. The molecule has 1 aromatic heterocycles. The molecular formula is C11H20N4O. The first-order valence-corrected chi connectivity index (χ1v) is 5.49. The second-order valence-corrected chi connectivity index (χ2v) is 4.12. The van der Waals surface area contributed by atoms with Crippen LogP contribution < -0.4 is 11.1 Å². The van der Waals surface area contributed by atoms with Gasteiger partial charge in [-0.1, -0.05) is 5.16 Å². The number of rotatable bonds is 4. The third kappa shape index (κ3) is 3.56. The molecule has 1 heterocycles. The molecule has 16 heavy (non-hydrogen) atoms. The van der Waals surface area contributed by atoms with Crippen LogP contribution in [0.4, 0.5) is 0 Å². The first-order chi connectivity index (χ1) is 7.50. The molecule has 0 spiro atoms. The third-order valence-corrected chi connectivity index (χ3v) is 2.26. The number of guanidine groups is 1. The van der Waals surface area contributed by atoms with Gasteiger partial charge in [0, 0.05) is 18.2 Å². The average Bonchev–Trinajstić information content (AvgIpc) is 2.47. The van der Waals surface area contributed by atoms with Gasteiger partial charge in [0.05, 0.1) is 5.69 Å². The molecule has 0 atom stereocenters. The van der Waals surface area contributed by atoms with Crippen molar-refractivity contribution < 1.29 is 4.52 Å². The van der Waals surface area contributed by atoms with Crippen molar-refractivity contribution in [1.29, 1.82) is 0 Å². The average molecular weight is 224 g/mol.